The van der Waals surface area contributed by atoms with E-state index in [2.05, 4.69) is 4.98 Å². The number of hydrogen-bond donors (Lipinski definition) is 0. The zero-order chi connectivity index (χ0) is 14.8. The number of halogens is 1. The van der Waals surface area contributed by atoms with Gasteiger partial charge in [-0.2, -0.15) is 0 Å². The van der Waals surface area contributed by atoms with Gasteiger partial charge < -0.3 is 4.74 Å². The lowest BCUT2D eigenvalue weighted by Crippen LogP contribution is -1.92. The molecule has 6 heteroatoms. The van der Waals surface area contributed by atoms with Gasteiger partial charge in [0, 0.05) is 17.6 Å². The highest BCUT2D eigenvalue weighted by Crippen LogP contribution is 2.30. The molecule has 0 bridgehead atoms. The first-order valence-corrected chi connectivity index (χ1v) is 6.10. The van der Waals surface area contributed by atoms with Crippen LogP contribution in [-0.2, 0) is 0 Å². The predicted molar refractivity (Wildman–Crippen MR) is 74.9 cm³/mol. The third-order valence-corrected chi connectivity index (χ3v) is 2.89. The second-order valence-electron chi connectivity index (χ2n) is 4.34. The van der Waals surface area contributed by atoms with Crippen molar-refractivity contribution in [3.63, 3.8) is 0 Å². The molecule has 0 atom stereocenters. The molecule has 5 nitrogen and oxygen atoms in total. The van der Waals surface area contributed by atoms with Crippen molar-refractivity contribution in [3.05, 3.63) is 70.7 Å². The van der Waals surface area contributed by atoms with Gasteiger partial charge in [0.1, 0.15) is 17.1 Å². The van der Waals surface area contributed by atoms with Gasteiger partial charge in [-0.1, -0.05) is 18.2 Å². The minimum absolute atomic E-state index is 0.0554. The third kappa shape index (κ3) is 2.64. The molecule has 0 aliphatic heterocycles. The molecule has 0 radical (unpaired) electrons. The zero-order valence-electron chi connectivity index (χ0n) is 10.7. The highest BCUT2D eigenvalue weighted by atomic mass is 19.1. The van der Waals surface area contributed by atoms with Gasteiger partial charge in [-0.25, -0.2) is 4.39 Å². The number of aromatic nitrogens is 1. The van der Waals surface area contributed by atoms with Gasteiger partial charge in [-0.3, -0.25) is 15.1 Å². The molecule has 0 saturated carbocycles. The monoisotopic (exact) mass is 284 g/mol. The Kier molecular flexibility index (Phi) is 3.19. The number of non-ortho nitro benzene ring substituents is 1. The van der Waals surface area contributed by atoms with E-state index in [1.165, 1.54) is 6.07 Å². The maximum Gasteiger partial charge on any atom is 0.276 e. The van der Waals surface area contributed by atoms with Crippen LogP contribution >= 0.6 is 0 Å². The fraction of sp³-hybridized carbons (Fsp3) is 0. The number of hydrogen-bond acceptors (Lipinski definition) is 4. The summed E-state index contributed by atoms with van der Waals surface area (Å²) in [4.78, 5) is 14.3. The minimum Gasteiger partial charge on any atom is -0.455 e. The number of pyridine rings is 1. The van der Waals surface area contributed by atoms with Crippen molar-refractivity contribution in [1.29, 1.82) is 0 Å². The van der Waals surface area contributed by atoms with E-state index >= 15 is 0 Å². The van der Waals surface area contributed by atoms with Crippen molar-refractivity contribution >= 4 is 16.6 Å². The number of benzene rings is 2. The number of fused-ring (bicyclic) bond motifs is 1. The molecule has 0 fully saturated rings. The molecule has 3 aromatic rings. The maximum atomic E-state index is 13.4. The highest BCUT2D eigenvalue weighted by molar-refractivity contribution is 5.84. The number of rotatable bonds is 3. The van der Waals surface area contributed by atoms with Crippen LogP contribution in [0.3, 0.4) is 0 Å². The van der Waals surface area contributed by atoms with E-state index in [1.807, 2.05) is 12.1 Å². The minimum atomic E-state index is -0.729. The number of para-hydroxylation sites is 1. The topological polar surface area (TPSA) is 65.3 Å². The molecule has 104 valence electrons. The van der Waals surface area contributed by atoms with Crippen molar-refractivity contribution in [1.82, 2.24) is 4.98 Å². The van der Waals surface area contributed by atoms with Gasteiger partial charge >= 0.3 is 0 Å². The van der Waals surface area contributed by atoms with Gasteiger partial charge in [-0.05, 0) is 12.1 Å². The van der Waals surface area contributed by atoms with Crippen molar-refractivity contribution in [2.75, 3.05) is 0 Å². The highest BCUT2D eigenvalue weighted by Gasteiger charge is 2.12. The summed E-state index contributed by atoms with van der Waals surface area (Å²) in [6.07, 6.45) is 1.61. The summed E-state index contributed by atoms with van der Waals surface area (Å²) >= 11 is 0. The summed E-state index contributed by atoms with van der Waals surface area (Å²) in [6, 6.07) is 12.1. The van der Waals surface area contributed by atoms with E-state index in [4.69, 9.17) is 4.74 Å². The van der Waals surface area contributed by atoms with Crippen molar-refractivity contribution in [2.24, 2.45) is 0 Å². The number of nitrogens with zero attached hydrogens (tertiary/aromatic N) is 2. The zero-order valence-corrected chi connectivity index (χ0v) is 10.7. The van der Waals surface area contributed by atoms with E-state index in [1.54, 1.807) is 24.4 Å². The first kappa shape index (κ1) is 13.0. The van der Waals surface area contributed by atoms with Crippen molar-refractivity contribution < 1.29 is 14.1 Å². The molecule has 21 heavy (non-hydrogen) atoms. The molecular formula is C15H9FN2O3. The fourth-order valence-electron chi connectivity index (χ4n) is 2.00. The number of ether oxygens (including phenoxy) is 1. The van der Waals surface area contributed by atoms with E-state index in [9.17, 15) is 14.5 Å². The molecule has 2 aromatic carbocycles. The fourth-order valence-corrected chi connectivity index (χ4v) is 2.00. The Bertz CT molecular complexity index is 831. The average Bonchev–Trinajstić information content (AvgIpc) is 2.47. The lowest BCUT2D eigenvalue weighted by Gasteiger charge is -2.08. The van der Waals surface area contributed by atoms with Crippen LogP contribution in [0.5, 0.6) is 11.5 Å². The molecule has 0 unspecified atom stereocenters. The largest absolute Gasteiger partial charge is 0.455 e. The van der Waals surface area contributed by atoms with Crippen LogP contribution in [-0.4, -0.2) is 9.91 Å². The summed E-state index contributed by atoms with van der Waals surface area (Å²) in [6.45, 7) is 0. The molecule has 0 aliphatic carbocycles. The van der Waals surface area contributed by atoms with Gasteiger partial charge in [0.2, 0.25) is 0 Å². The van der Waals surface area contributed by atoms with Crippen LogP contribution < -0.4 is 4.74 Å². The summed E-state index contributed by atoms with van der Waals surface area (Å²) in [5.41, 5.74) is 0.241. The van der Waals surface area contributed by atoms with Gasteiger partial charge in [0.15, 0.2) is 5.75 Å². The first-order valence-electron chi connectivity index (χ1n) is 6.10. The first-order chi connectivity index (χ1) is 10.1. The Balaban J connectivity index is 2.05. The molecule has 1 heterocycles. The molecule has 3 rings (SSSR count). The third-order valence-electron chi connectivity index (χ3n) is 2.89. The summed E-state index contributed by atoms with van der Waals surface area (Å²) in [5, 5.41) is 11.6. The molecule has 0 aliphatic rings. The summed E-state index contributed by atoms with van der Waals surface area (Å²) in [7, 11) is 0. The Morgan fingerprint density at radius 1 is 1.14 bits per heavy atom. The normalized spacial score (nSPS) is 10.5. The maximum absolute atomic E-state index is 13.4. The van der Waals surface area contributed by atoms with Crippen LogP contribution in [0.25, 0.3) is 10.9 Å². The quantitative estimate of drug-likeness (QED) is 0.537. The summed E-state index contributed by atoms with van der Waals surface area (Å²) in [5.74, 6) is -0.264. The van der Waals surface area contributed by atoms with Gasteiger partial charge in [-0.15, -0.1) is 0 Å². The number of nitro groups is 1. The van der Waals surface area contributed by atoms with E-state index in [-0.39, 0.29) is 11.4 Å². The Hall–Kier alpha value is -3.02. The Morgan fingerprint density at radius 2 is 1.95 bits per heavy atom. The van der Waals surface area contributed by atoms with E-state index < -0.39 is 10.7 Å². The van der Waals surface area contributed by atoms with Crippen molar-refractivity contribution in [3.8, 4) is 11.5 Å². The second kappa shape index (κ2) is 5.16. The molecule has 0 amide bonds. The average molecular weight is 284 g/mol. The van der Waals surface area contributed by atoms with E-state index in [0.29, 0.717) is 11.3 Å². The van der Waals surface area contributed by atoms with E-state index in [0.717, 1.165) is 17.5 Å². The van der Waals surface area contributed by atoms with Crippen LogP contribution in [0.2, 0.25) is 0 Å². The number of nitro benzene ring substituents is 1. The second-order valence-corrected chi connectivity index (χ2v) is 4.34. The molecule has 0 spiro atoms. The van der Waals surface area contributed by atoms with Gasteiger partial charge in [0.25, 0.3) is 5.69 Å². The molecule has 0 N–H and O–H groups in total. The summed E-state index contributed by atoms with van der Waals surface area (Å²) < 4.78 is 19.0. The standard InChI is InChI=1S/C15H9FN2O3/c16-11-7-12(18(19)20)9-13(8-11)21-14-5-1-3-10-4-2-6-17-15(10)14/h1-9H. The lowest BCUT2D eigenvalue weighted by atomic mass is 10.2. The van der Waals surface area contributed by atoms with Crippen LogP contribution in [0.4, 0.5) is 10.1 Å². The molecule has 0 saturated heterocycles. The van der Waals surface area contributed by atoms with Crippen LogP contribution in [0, 0.1) is 15.9 Å². The lowest BCUT2D eigenvalue weighted by molar-refractivity contribution is -0.385. The Morgan fingerprint density at radius 3 is 2.76 bits per heavy atom. The molecular weight excluding hydrogens is 275 g/mol. The Labute approximate surface area is 118 Å². The SMILES string of the molecule is O=[N+]([O-])c1cc(F)cc(Oc2cccc3cccnc23)c1. The van der Waals surface area contributed by atoms with Gasteiger partial charge in [0.05, 0.1) is 17.1 Å². The smallest absolute Gasteiger partial charge is 0.276 e. The van der Waals surface area contributed by atoms with Crippen LogP contribution in [0.15, 0.2) is 54.7 Å². The van der Waals surface area contributed by atoms with Crippen molar-refractivity contribution in [2.45, 2.75) is 0 Å². The molecule has 1 aromatic heterocycles. The van der Waals surface area contributed by atoms with Crippen LogP contribution in [0.1, 0.15) is 0 Å². The predicted octanol–water partition coefficient (Wildman–Crippen LogP) is 4.07.